The first-order chi connectivity index (χ1) is 10.4. The number of rotatable bonds is 4. The van der Waals surface area contributed by atoms with E-state index in [0.717, 1.165) is 29.0 Å². The molecule has 1 fully saturated rings. The largest absolute Gasteiger partial charge is 0.496 e. The third-order valence-electron chi connectivity index (χ3n) is 5.72. The summed E-state index contributed by atoms with van der Waals surface area (Å²) in [5.74, 6) is 3.29. The van der Waals surface area contributed by atoms with Crippen LogP contribution in [-0.2, 0) is 5.41 Å². The van der Waals surface area contributed by atoms with Crippen molar-refractivity contribution >= 4 is 13.3 Å². The summed E-state index contributed by atoms with van der Waals surface area (Å²) in [6.45, 7) is 9.55. The summed E-state index contributed by atoms with van der Waals surface area (Å²) in [6.07, 6.45) is 6.23. The van der Waals surface area contributed by atoms with Crippen molar-refractivity contribution in [2.75, 3.05) is 7.11 Å². The van der Waals surface area contributed by atoms with Crippen LogP contribution in [0.4, 0.5) is 0 Å². The Balaban J connectivity index is 2.53. The monoisotopic (exact) mass is 298 g/mol. The Bertz CT molecular complexity index is 498. The Morgan fingerprint density at radius 3 is 2.55 bits per heavy atom. The maximum atomic E-state index is 6.12. The first-order valence-electron chi connectivity index (χ1n) is 8.86. The van der Waals surface area contributed by atoms with Gasteiger partial charge in [-0.15, -0.1) is 0 Å². The molecule has 1 saturated carbocycles. The number of benzene rings is 1. The van der Waals surface area contributed by atoms with E-state index in [1.54, 1.807) is 7.11 Å². The third-order valence-corrected chi connectivity index (χ3v) is 5.72. The molecule has 0 aliphatic heterocycles. The molecule has 0 N–H and O–H groups in total. The van der Waals surface area contributed by atoms with E-state index in [0.29, 0.717) is 0 Å². The van der Waals surface area contributed by atoms with Crippen molar-refractivity contribution < 1.29 is 4.74 Å². The summed E-state index contributed by atoms with van der Waals surface area (Å²) < 4.78 is 5.71. The summed E-state index contributed by atoms with van der Waals surface area (Å²) in [4.78, 5) is 0. The SMILES string of the molecule is [B]c1ccc(OC)c(C2(CCC)CC(C)CC(C)C(C)C2)c1. The summed E-state index contributed by atoms with van der Waals surface area (Å²) in [7, 11) is 7.90. The van der Waals surface area contributed by atoms with E-state index in [1.807, 2.05) is 12.1 Å². The molecule has 1 aliphatic rings. The molecule has 1 aromatic carbocycles. The van der Waals surface area contributed by atoms with Gasteiger partial charge in [0.05, 0.1) is 7.11 Å². The second-order valence-corrected chi connectivity index (χ2v) is 7.69. The van der Waals surface area contributed by atoms with E-state index in [1.165, 1.54) is 37.7 Å². The zero-order valence-corrected chi connectivity index (χ0v) is 15.0. The van der Waals surface area contributed by atoms with Gasteiger partial charge in [0.15, 0.2) is 0 Å². The van der Waals surface area contributed by atoms with Crippen molar-refractivity contribution in [1.82, 2.24) is 0 Å². The predicted molar refractivity (Wildman–Crippen MR) is 96.3 cm³/mol. The van der Waals surface area contributed by atoms with Gasteiger partial charge in [0, 0.05) is 0 Å². The molecule has 0 saturated heterocycles. The molecule has 4 atom stereocenters. The lowest BCUT2D eigenvalue weighted by Crippen LogP contribution is -2.31. The van der Waals surface area contributed by atoms with Gasteiger partial charge in [-0.3, -0.25) is 0 Å². The molecule has 0 amide bonds. The van der Waals surface area contributed by atoms with E-state index in [-0.39, 0.29) is 5.41 Å². The van der Waals surface area contributed by atoms with Crippen LogP contribution >= 0.6 is 0 Å². The highest BCUT2D eigenvalue weighted by molar-refractivity contribution is 6.32. The Hall–Kier alpha value is -0.915. The van der Waals surface area contributed by atoms with Gasteiger partial charge >= 0.3 is 0 Å². The van der Waals surface area contributed by atoms with Crippen molar-refractivity contribution in [3.05, 3.63) is 23.8 Å². The van der Waals surface area contributed by atoms with Crippen LogP contribution in [0.3, 0.4) is 0 Å². The Morgan fingerprint density at radius 2 is 1.91 bits per heavy atom. The van der Waals surface area contributed by atoms with Crippen LogP contribution in [0.1, 0.15) is 65.4 Å². The molecule has 2 heteroatoms. The quantitative estimate of drug-likeness (QED) is 0.582. The molecule has 4 unspecified atom stereocenters. The van der Waals surface area contributed by atoms with E-state index in [2.05, 4.69) is 33.8 Å². The number of ether oxygens (including phenoxy) is 1. The van der Waals surface area contributed by atoms with Gasteiger partial charge in [-0.05, 0) is 60.5 Å². The lowest BCUT2D eigenvalue weighted by molar-refractivity contribution is 0.262. The molecule has 1 aliphatic carbocycles. The minimum Gasteiger partial charge on any atom is -0.496 e. The standard InChI is InChI=1S/C20H31BO/c1-6-9-20(12-14(2)10-15(3)16(4)13-20)18-11-17(21)7-8-19(18)22-5/h7-8,11,14-16H,6,9-10,12-13H2,1-5H3. The van der Waals surface area contributed by atoms with Crippen molar-refractivity contribution in [3.63, 3.8) is 0 Å². The normalized spacial score (nSPS) is 32.5. The highest BCUT2D eigenvalue weighted by atomic mass is 16.5. The zero-order chi connectivity index (χ0) is 16.3. The van der Waals surface area contributed by atoms with Crippen molar-refractivity contribution in [1.29, 1.82) is 0 Å². The molecule has 0 aromatic heterocycles. The lowest BCUT2D eigenvalue weighted by Gasteiger charge is -2.38. The van der Waals surface area contributed by atoms with Crippen LogP contribution in [0, 0.1) is 17.8 Å². The van der Waals surface area contributed by atoms with Crippen LogP contribution in [0.25, 0.3) is 0 Å². The summed E-state index contributed by atoms with van der Waals surface area (Å²) in [6, 6.07) is 6.17. The summed E-state index contributed by atoms with van der Waals surface area (Å²) in [5, 5.41) is 0. The first-order valence-corrected chi connectivity index (χ1v) is 8.86. The van der Waals surface area contributed by atoms with Crippen molar-refractivity contribution in [2.45, 2.75) is 65.2 Å². The second-order valence-electron chi connectivity index (χ2n) is 7.69. The maximum absolute atomic E-state index is 6.12. The van der Waals surface area contributed by atoms with Crippen LogP contribution < -0.4 is 10.2 Å². The van der Waals surface area contributed by atoms with Crippen LogP contribution in [0.5, 0.6) is 5.75 Å². The fraction of sp³-hybridized carbons (Fsp3) is 0.700. The molecule has 1 nitrogen and oxygen atoms in total. The number of hydrogen-bond donors (Lipinski definition) is 0. The predicted octanol–water partition coefficient (Wildman–Crippen LogP) is 4.62. The smallest absolute Gasteiger partial charge is 0.122 e. The fourth-order valence-electron chi connectivity index (χ4n) is 4.70. The molecule has 2 rings (SSSR count). The Morgan fingerprint density at radius 1 is 1.18 bits per heavy atom. The number of hydrogen-bond acceptors (Lipinski definition) is 1. The van der Waals surface area contributed by atoms with Crippen molar-refractivity contribution in [3.8, 4) is 5.75 Å². The lowest BCUT2D eigenvalue weighted by atomic mass is 9.67. The van der Waals surface area contributed by atoms with E-state index < -0.39 is 0 Å². The van der Waals surface area contributed by atoms with Gasteiger partial charge < -0.3 is 4.74 Å². The molecule has 0 bridgehead atoms. The molecule has 2 radical (unpaired) electrons. The van der Waals surface area contributed by atoms with Crippen molar-refractivity contribution in [2.24, 2.45) is 17.8 Å². The van der Waals surface area contributed by atoms with Gasteiger partial charge in [-0.25, -0.2) is 0 Å². The third kappa shape index (κ3) is 3.52. The van der Waals surface area contributed by atoms with E-state index >= 15 is 0 Å². The van der Waals surface area contributed by atoms with Gasteiger partial charge in [-0.2, -0.15) is 0 Å². The fourth-order valence-corrected chi connectivity index (χ4v) is 4.70. The maximum Gasteiger partial charge on any atom is 0.122 e. The second kappa shape index (κ2) is 7.11. The van der Waals surface area contributed by atoms with Gasteiger partial charge in [0.2, 0.25) is 0 Å². The molecule has 120 valence electrons. The number of methoxy groups -OCH3 is 1. The molecule has 22 heavy (non-hydrogen) atoms. The molecular weight excluding hydrogens is 267 g/mol. The molecular formula is C20H31BO. The van der Waals surface area contributed by atoms with Crippen LogP contribution in [-0.4, -0.2) is 15.0 Å². The van der Waals surface area contributed by atoms with Crippen LogP contribution in [0.2, 0.25) is 0 Å². The minimum atomic E-state index is 0.207. The zero-order valence-electron chi connectivity index (χ0n) is 15.0. The molecule has 0 spiro atoms. The minimum absolute atomic E-state index is 0.207. The van der Waals surface area contributed by atoms with Gasteiger partial charge in [0.25, 0.3) is 0 Å². The summed E-state index contributed by atoms with van der Waals surface area (Å²) in [5.41, 5.74) is 2.40. The van der Waals surface area contributed by atoms with E-state index in [9.17, 15) is 0 Å². The van der Waals surface area contributed by atoms with Gasteiger partial charge in [0.1, 0.15) is 13.6 Å². The van der Waals surface area contributed by atoms with E-state index in [4.69, 9.17) is 12.6 Å². The van der Waals surface area contributed by atoms with Crippen LogP contribution in [0.15, 0.2) is 18.2 Å². The first kappa shape index (κ1) is 17.4. The average Bonchev–Trinajstić information content (AvgIpc) is 2.56. The Labute approximate surface area is 138 Å². The molecule has 0 heterocycles. The topological polar surface area (TPSA) is 9.23 Å². The highest BCUT2D eigenvalue weighted by Gasteiger charge is 2.40. The average molecular weight is 298 g/mol. The summed E-state index contributed by atoms with van der Waals surface area (Å²) >= 11 is 0. The molecule has 1 aromatic rings. The van der Waals surface area contributed by atoms with Gasteiger partial charge in [-0.1, -0.05) is 51.7 Å². The Kier molecular flexibility index (Phi) is 5.63. The highest BCUT2D eigenvalue weighted by Crippen LogP contribution is 2.49.